The number of nitrogens with two attached hydrogens (primary N) is 1. The van der Waals surface area contributed by atoms with Gasteiger partial charge in [-0.15, -0.1) is 11.3 Å². The van der Waals surface area contributed by atoms with Gasteiger partial charge in [0.2, 0.25) is 5.91 Å². The summed E-state index contributed by atoms with van der Waals surface area (Å²) >= 11 is 7.67. The Morgan fingerprint density at radius 2 is 2.06 bits per heavy atom. The van der Waals surface area contributed by atoms with Crippen molar-refractivity contribution in [2.45, 2.75) is 18.4 Å². The first kappa shape index (κ1) is 19.8. The van der Waals surface area contributed by atoms with E-state index < -0.39 is 11.5 Å². The van der Waals surface area contributed by atoms with Gasteiger partial charge in [0.15, 0.2) is 5.96 Å². The van der Waals surface area contributed by atoms with Gasteiger partial charge in [0.1, 0.15) is 11.1 Å². The van der Waals surface area contributed by atoms with E-state index in [1.165, 1.54) is 16.2 Å². The molecule has 1 aliphatic heterocycles. The summed E-state index contributed by atoms with van der Waals surface area (Å²) in [5, 5.41) is 3.56. The number of carbonyl (C=O) groups excluding carboxylic acids is 1. The highest BCUT2D eigenvalue weighted by Crippen LogP contribution is 2.47. The third-order valence-corrected chi connectivity index (χ3v) is 7.15. The lowest BCUT2D eigenvalue weighted by molar-refractivity contribution is -0.130. The van der Waals surface area contributed by atoms with Crippen LogP contribution in [-0.2, 0) is 10.3 Å². The number of fused-ring (bicyclic) bond motifs is 1. The lowest BCUT2D eigenvalue weighted by atomic mass is 9.77. The molecule has 6 nitrogen and oxygen atoms in total. The molecule has 31 heavy (non-hydrogen) atoms. The van der Waals surface area contributed by atoms with Gasteiger partial charge in [0.25, 0.3) is 0 Å². The number of hydrogen-bond acceptors (Lipinski definition) is 6. The molecule has 8 heteroatoms. The SMILES string of the molecule is CN1C(=O)[C@@H](c2ccc3occc3c2)[C@@](C)(c2cc(-c3cc(Cl)ccn3)cs2)N=C1N. The van der Waals surface area contributed by atoms with Crippen LogP contribution in [0, 0.1) is 0 Å². The number of hydrogen-bond donors (Lipinski definition) is 1. The lowest BCUT2D eigenvalue weighted by Crippen LogP contribution is -2.52. The number of furan rings is 1. The van der Waals surface area contributed by atoms with E-state index >= 15 is 0 Å². The van der Waals surface area contributed by atoms with Gasteiger partial charge in [0, 0.05) is 39.5 Å². The van der Waals surface area contributed by atoms with E-state index in [0.29, 0.717) is 5.02 Å². The highest BCUT2D eigenvalue weighted by atomic mass is 35.5. The number of benzene rings is 1. The minimum absolute atomic E-state index is 0.103. The van der Waals surface area contributed by atoms with Gasteiger partial charge in [-0.05, 0) is 48.9 Å². The number of nitrogens with zero attached hydrogens (tertiary/aromatic N) is 3. The summed E-state index contributed by atoms with van der Waals surface area (Å²) in [6.45, 7) is 1.95. The van der Waals surface area contributed by atoms with Crippen molar-refractivity contribution in [2.75, 3.05) is 7.05 Å². The van der Waals surface area contributed by atoms with E-state index in [9.17, 15) is 4.79 Å². The maximum Gasteiger partial charge on any atom is 0.239 e. The molecule has 3 aromatic heterocycles. The number of guanidine groups is 1. The predicted molar refractivity (Wildman–Crippen MR) is 123 cm³/mol. The van der Waals surface area contributed by atoms with Crippen molar-refractivity contribution in [1.29, 1.82) is 0 Å². The van der Waals surface area contributed by atoms with Gasteiger partial charge in [0.05, 0.1) is 17.9 Å². The number of amides is 1. The second kappa shape index (κ2) is 7.21. The summed E-state index contributed by atoms with van der Waals surface area (Å²) in [5.74, 6) is -0.444. The smallest absolute Gasteiger partial charge is 0.239 e. The van der Waals surface area contributed by atoms with E-state index in [2.05, 4.69) is 4.98 Å². The molecule has 5 rings (SSSR count). The van der Waals surface area contributed by atoms with Crippen LogP contribution in [0.1, 0.15) is 23.3 Å². The molecule has 1 amide bonds. The van der Waals surface area contributed by atoms with Crippen molar-refractivity contribution in [3.05, 3.63) is 75.8 Å². The third kappa shape index (κ3) is 3.21. The van der Waals surface area contributed by atoms with Crippen molar-refractivity contribution in [1.82, 2.24) is 9.88 Å². The molecule has 2 N–H and O–H groups in total. The molecule has 0 unspecified atom stereocenters. The first-order valence-corrected chi connectivity index (χ1v) is 10.9. The fraction of sp³-hybridized carbons (Fsp3) is 0.174. The Morgan fingerprint density at radius 3 is 2.87 bits per heavy atom. The number of thiophene rings is 1. The highest BCUT2D eigenvalue weighted by Gasteiger charge is 2.48. The number of likely N-dealkylation sites (N-methyl/N-ethyl adjacent to an activating group) is 1. The van der Waals surface area contributed by atoms with Crippen LogP contribution in [0.25, 0.3) is 22.2 Å². The number of aliphatic imine (C=N–C) groups is 1. The number of carbonyl (C=O) groups is 1. The van der Waals surface area contributed by atoms with Gasteiger partial charge in [-0.25, -0.2) is 4.99 Å². The average molecular weight is 451 g/mol. The lowest BCUT2D eigenvalue weighted by Gasteiger charge is -2.40. The summed E-state index contributed by atoms with van der Waals surface area (Å²) in [7, 11) is 1.65. The largest absolute Gasteiger partial charge is 0.464 e. The quantitative estimate of drug-likeness (QED) is 0.476. The van der Waals surface area contributed by atoms with Gasteiger partial charge in [-0.2, -0.15) is 0 Å². The Balaban J connectivity index is 1.65. The number of halogens is 1. The molecule has 0 aliphatic carbocycles. The standard InChI is InChI=1S/C23H19ClN4O2S/c1-23(19-10-15(12-31-19)17-11-16(24)5-7-26-17)20(21(29)28(2)22(25)27-23)14-3-4-18-13(9-14)6-8-30-18/h3-12,20H,1-2H3,(H2,25,27)/t20-,23-/m1/s1. The molecular formula is C23H19ClN4O2S. The molecule has 0 saturated heterocycles. The van der Waals surface area contributed by atoms with Crippen molar-refractivity contribution >= 4 is 45.8 Å². The molecule has 4 heterocycles. The normalized spacial score (nSPS) is 21.5. The number of rotatable bonds is 3. The molecule has 0 saturated carbocycles. The van der Waals surface area contributed by atoms with Crippen molar-refractivity contribution < 1.29 is 9.21 Å². The summed E-state index contributed by atoms with van der Waals surface area (Å²) in [6, 6.07) is 13.2. The monoisotopic (exact) mass is 450 g/mol. The van der Waals surface area contributed by atoms with Crippen LogP contribution >= 0.6 is 22.9 Å². The van der Waals surface area contributed by atoms with Crippen LogP contribution in [0.4, 0.5) is 0 Å². The van der Waals surface area contributed by atoms with E-state index in [1.807, 2.05) is 48.7 Å². The minimum Gasteiger partial charge on any atom is -0.464 e. The third-order valence-electron chi connectivity index (χ3n) is 5.76. The molecule has 0 fully saturated rings. The summed E-state index contributed by atoms with van der Waals surface area (Å²) in [6.07, 6.45) is 3.32. The zero-order valence-electron chi connectivity index (χ0n) is 16.9. The van der Waals surface area contributed by atoms with Crippen molar-refractivity contribution in [3.8, 4) is 11.3 Å². The second-order valence-electron chi connectivity index (χ2n) is 7.72. The van der Waals surface area contributed by atoms with Crippen LogP contribution in [0.3, 0.4) is 0 Å². The zero-order chi connectivity index (χ0) is 21.8. The Kier molecular flexibility index (Phi) is 4.60. The fourth-order valence-corrected chi connectivity index (χ4v) is 5.25. The molecule has 0 bridgehead atoms. The van der Waals surface area contributed by atoms with Crippen molar-refractivity contribution in [3.63, 3.8) is 0 Å². The fourth-order valence-electron chi connectivity index (χ4n) is 4.05. The maximum atomic E-state index is 13.4. The molecule has 1 aliphatic rings. The van der Waals surface area contributed by atoms with E-state index in [1.54, 1.807) is 25.6 Å². The molecule has 0 spiro atoms. The van der Waals surface area contributed by atoms with E-state index in [0.717, 1.165) is 32.7 Å². The van der Waals surface area contributed by atoms with Gasteiger partial charge >= 0.3 is 0 Å². The molecule has 1 aromatic carbocycles. The molecule has 2 atom stereocenters. The summed E-state index contributed by atoms with van der Waals surface area (Å²) < 4.78 is 5.47. The van der Waals surface area contributed by atoms with Gasteiger partial charge < -0.3 is 10.2 Å². The van der Waals surface area contributed by atoms with Crippen LogP contribution in [-0.4, -0.2) is 28.8 Å². The minimum atomic E-state index is -0.868. The molecule has 0 radical (unpaired) electrons. The number of aromatic nitrogens is 1. The molecule has 156 valence electrons. The first-order chi connectivity index (χ1) is 14.9. The summed E-state index contributed by atoms with van der Waals surface area (Å²) in [5.41, 5.74) is 8.61. The van der Waals surface area contributed by atoms with Gasteiger partial charge in [-0.3, -0.25) is 14.7 Å². The van der Waals surface area contributed by atoms with E-state index in [4.69, 9.17) is 26.7 Å². The predicted octanol–water partition coefficient (Wildman–Crippen LogP) is 5.00. The van der Waals surface area contributed by atoms with Crippen LogP contribution in [0.2, 0.25) is 5.02 Å². The molecular weight excluding hydrogens is 432 g/mol. The molecule has 4 aromatic rings. The van der Waals surface area contributed by atoms with Crippen LogP contribution < -0.4 is 5.73 Å². The Labute approximate surface area is 188 Å². The first-order valence-electron chi connectivity index (χ1n) is 9.68. The van der Waals surface area contributed by atoms with Crippen molar-refractivity contribution in [2.24, 2.45) is 10.7 Å². The Hall–Kier alpha value is -3.16. The topological polar surface area (TPSA) is 84.7 Å². The maximum absolute atomic E-state index is 13.4. The van der Waals surface area contributed by atoms with Crippen LogP contribution in [0.15, 0.2) is 69.7 Å². The average Bonchev–Trinajstić information content (AvgIpc) is 3.42. The second-order valence-corrected chi connectivity index (χ2v) is 9.07. The highest BCUT2D eigenvalue weighted by molar-refractivity contribution is 7.10. The summed E-state index contributed by atoms with van der Waals surface area (Å²) in [4.78, 5) is 25.0. The Morgan fingerprint density at radius 1 is 1.23 bits per heavy atom. The Bertz CT molecular complexity index is 1340. The van der Waals surface area contributed by atoms with E-state index in [-0.39, 0.29) is 11.9 Å². The number of pyridine rings is 1. The van der Waals surface area contributed by atoms with Crippen LogP contribution in [0.5, 0.6) is 0 Å². The zero-order valence-corrected chi connectivity index (χ0v) is 18.4. The van der Waals surface area contributed by atoms with Gasteiger partial charge in [-0.1, -0.05) is 17.7 Å².